The highest BCUT2D eigenvalue weighted by molar-refractivity contribution is 5.88. The summed E-state index contributed by atoms with van der Waals surface area (Å²) in [5.74, 6) is 0.756. The largest absolute Gasteiger partial charge is 0.491 e. The topological polar surface area (TPSA) is 126 Å². The smallest absolute Gasteiger partial charge is 0.341 e. The molecule has 0 aliphatic heterocycles. The number of rotatable bonds is 11. The minimum absolute atomic E-state index is 0.0425. The Labute approximate surface area is 218 Å². The summed E-state index contributed by atoms with van der Waals surface area (Å²) in [6.45, 7) is 2.99. The van der Waals surface area contributed by atoms with E-state index in [1.165, 1.54) is 17.1 Å². The Morgan fingerprint density at radius 2 is 1.82 bits per heavy atom. The van der Waals surface area contributed by atoms with Crippen LogP contribution in [0.4, 0.5) is 0 Å². The molecule has 0 radical (unpaired) electrons. The Balaban J connectivity index is 1.48. The van der Waals surface area contributed by atoms with Crippen molar-refractivity contribution in [1.82, 2.24) is 29.3 Å². The van der Waals surface area contributed by atoms with E-state index in [0.717, 1.165) is 11.1 Å². The molecule has 194 valence electrons. The van der Waals surface area contributed by atoms with E-state index in [9.17, 15) is 4.79 Å². The summed E-state index contributed by atoms with van der Waals surface area (Å²) in [5, 5.41) is 13.2. The van der Waals surface area contributed by atoms with Crippen molar-refractivity contribution in [2.45, 2.75) is 20.1 Å². The molecule has 3 heterocycles. The molecule has 0 saturated carbocycles. The summed E-state index contributed by atoms with van der Waals surface area (Å²) in [6, 6.07) is 17.4. The minimum Gasteiger partial charge on any atom is -0.491 e. The number of fused-ring (bicyclic) bond motifs is 1. The van der Waals surface area contributed by atoms with E-state index >= 15 is 0 Å². The summed E-state index contributed by atoms with van der Waals surface area (Å²) >= 11 is 0. The highest BCUT2D eigenvalue weighted by Gasteiger charge is 2.18. The average molecular weight is 515 g/mol. The number of carbonyl (C=O) groups excluding carboxylic acids is 1. The first-order chi connectivity index (χ1) is 18.6. The number of carbonyl (C=O) groups is 1. The van der Waals surface area contributed by atoms with E-state index in [0.29, 0.717) is 41.5 Å². The Bertz CT molecular complexity index is 1510. The molecule has 0 aliphatic rings. The molecule has 0 unspecified atom stereocenters. The van der Waals surface area contributed by atoms with Crippen LogP contribution in [0.3, 0.4) is 0 Å². The molecule has 0 amide bonds. The van der Waals surface area contributed by atoms with E-state index in [4.69, 9.17) is 19.3 Å². The van der Waals surface area contributed by atoms with Gasteiger partial charge in [0, 0.05) is 12.7 Å². The molecular formula is C27H26N6O5. The van der Waals surface area contributed by atoms with E-state index < -0.39 is 5.97 Å². The third kappa shape index (κ3) is 5.62. The molecule has 5 rings (SSSR count). The van der Waals surface area contributed by atoms with Crippen LogP contribution in [0, 0.1) is 0 Å². The molecule has 5 aromatic rings. The van der Waals surface area contributed by atoms with Crippen LogP contribution in [0.2, 0.25) is 0 Å². The van der Waals surface area contributed by atoms with Crippen molar-refractivity contribution in [1.29, 1.82) is 0 Å². The lowest BCUT2D eigenvalue weighted by Gasteiger charge is -2.11. The van der Waals surface area contributed by atoms with Crippen molar-refractivity contribution in [2.24, 2.45) is 0 Å². The second-order valence-corrected chi connectivity index (χ2v) is 8.26. The number of imidazole rings is 1. The van der Waals surface area contributed by atoms with Crippen LogP contribution in [0.1, 0.15) is 28.4 Å². The van der Waals surface area contributed by atoms with Crippen molar-refractivity contribution in [2.75, 3.05) is 19.8 Å². The van der Waals surface area contributed by atoms with Crippen LogP contribution in [0.15, 0.2) is 73.3 Å². The van der Waals surface area contributed by atoms with Gasteiger partial charge in [-0.2, -0.15) is 15.1 Å². The molecule has 11 heteroatoms. The van der Waals surface area contributed by atoms with Crippen molar-refractivity contribution in [3.63, 3.8) is 0 Å². The number of benzene rings is 2. The Hall–Kier alpha value is -4.77. The van der Waals surface area contributed by atoms with Gasteiger partial charge in [0.2, 0.25) is 5.88 Å². The zero-order chi connectivity index (χ0) is 26.3. The Morgan fingerprint density at radius 1 is 1.00 bits per heavy atom. The minimum atomic E-state index is -0.475. The van der Waals surface area contributed by atoms with Crippen molar-refractivity contribution < 1.29 is 24.1 Å². The number of nitrogens with zero attached hydrogens (tertiary/aromatic N) is 6. The SMILES string of the molecule is CCOC(=O)c1cnn(-c2nc(OCc3ccccc3)c3c(ncn3Cc3ccc(OCCO)cc3)n2)c1. The van der Waals surface area contributed by atoms with Gasteiger partial charge in [0.25, 0.3) is 5.95 Å². The molecule has 0 aliphatic carbocycles. The van der Waals surface area contributed by atoms with Gasteiger partial charge in [0.15, 0.2) is 11.2 Å². The van der Waals surface area contributed by atoms with Gasteiger partial charge in [-0.25, -0.2) is 14.5 Å². The molecule has 0 atom stereocenters. The molecular weight excluding hydrogens is 488 g/mol. The number of ether oxygens (including phenoxy) is 3. The van der Waals surface area contributed by atoms with Crippen LogP contribution in [-0.2, 0) is 17.9 Å². The Morgan fingerprint density at radius 3 is 2.58 bits per heavy atom. The summed E-state index contributed by atoms with van der Waals surface area (Å²) in [5.41, 5.74) is 3.33. The lowest BCUT2D eigenvalue weighted by atomic mass is 10.2. The number of hydrogen-bond acceptors (Lipinski definition) is 9. The molecule has 3 aromatic heterocycles. The van der Waals surface area contributed by atoms with Crippen molar-refractivity contribution in [3.8, 4) is 17.6 Å². The molecule has 0 saturated heterocycles. The van der Waals surface area contributed by atoms with Gasteiger partial charge in [-0.1, -0.05) is 42.5 Å². The number of aliphatic hydroxyl groups excluding tert-OH is 1. The van der Waals surface area contributed by atoms with Crippen LogP contribution in [0.25, 0.3) is 17.1 Å². The summed E-state index contributed by atoms with van der Waals surface area (Å²) < 4.78 is 20.0. The van der Waals surface area contributed by atoms with Crippen LogP contribution < -0.4 is 9.47 Å². The molecule has 2 aromatic carbocycles. The molecule has 1 N–H and O–H groups in total. The normalized spacial score (nSPS) is 11.0. The van der Waals surface area contributed by atoms with E-state index in [1.54, 1.807) is 13.3 Å². The van der Waals surface area contributed by atoms with Gasteiger partial charge in [-0.05, 0) is 30.2 Å². The van der Waals surface area contributed by atoms with E-state index in [2.05, 4.69) is 20.1 Å². The zero-order valence-electron chi connectivity index (χ0n) is 20.7. The summed E-state index contributed by atoms with van der Waals surface area (Å²) in [7, 11) is 0. The van der Waals surface area contributed by atoms with Crippen LogP contribution >= 0.6 is 0 Å². The van der Waals surface area contributed by atoms with Crippen molar-refractivity contribution in [3.05, 3.63) is 90.0 Å². The lowest BCUT2D eigenvalue weighted by molar-refractivity contribution is 0.0526. The van der Waals surface area contributed by atoms with E-state index in [-0.39, 0.29) is 25.8 Å². The number of aromatic nitrogens is 6. The first-order valence-corrected chi connectivity index (χ1v) is 12.1. The predicted octanol–water partition coefficient (Wildman–Crippen LogP) is 3.19. The van der Waals surface area contributed by atoms with Gasteiger partial charge in [0.1, 0.15) is 19.0 Å². The second-order valence-electron chi connectivity index (χ2n) is 8.26. The molecule has 0 spiro atoms. The maximum Gasteiger partial charge on any atom is 0.341 e. The number of hydrogen-bond donors (Lipinski definition) is 1. The van der Waals surface area contributed by atoms with Gasteiger partial charge < -0.3 is 23.9 Å². The molecule has 0 bridgehead atoms. The third-order valence-corrected chi connectivity index (χ3v) is 5.58. The van der Waals surface area contributed by atoms with E-state index in [1.807, 2.05) is 59.2 Å². The standard InChI is InChI=1S/C27H26N6O5/c1-2-36-26(35)21-14-29-33(16-21)27-30-24-23(25(31-27)38-17-20-6-4-3-5-7-20)32(18-28-24)15-19-8-10-22(11-9-19)37-13-12-34/h3-11,14,16,18,34H,2,12-13,15,17H2,1H3. The quantitative estimate of drug-likeness (QED) is 0.264. The fourth-order valence-electron chi connectivity index (χ4n) is 3.79. The molecule has 11 nitrogen and oxygen atoms in total. The van der Waals surface area contributed by atoms with Gasteiger partial charge >= 0.3 is 5.97 Å². The highest BCUT2D eigenvalue weighted by atomic mass is 16.5. The van der Waals surface area contributed by atoms with Gasteiger partial charge in [-0.15, -0.1) is 0 Å². The Kier molecular flexibility index (Phi) is 7.55. The van der Waals surface area contributed by atoms with Crippen LogP contribution in [0.5, 0.6) is 11.6 Å². The third-order valence-electron chi connectivity index (χ3n) is 5.58. The number of esters is 1. The monoisotopic (exact) mass is 514 g/mol. The zero-order valence-corrected chi connectivity index (χ0v) is 20.7. The fraction of sp³-hybridized carbons (Fsp3) is 0.222. The highest BCUT2D eigenvalue weighted by Crippen LogP contribution is 2.25. The first-order valence-electron chi connectivity index (χ1n) is 12.1. The average Bonchev–Trinajstić information content (AvgIpc) is 3.60. The lowest BCUT2D eigenvalue weighted by Crippen LogP contribution is -2.08. The molecule has 0 fully saturated rings. The van der Waals surface area contributed by atoms with Gasteiger partial charge in [0.05, 0.1) is 31.3 Å². The van der Waals surface area contributed by atoms with Crippen LogP contribution in [-0.4, -0.2) is 60.2 Å². The number of aliphatic hydroxyl groups is 1. The maximum atomic E-state index is 12.1. The maximum absolute atomic E-state index is 12.1. The summed E-state index contributed by atoms with van der Waals surface area (Å²) in [6.07, 6.45) is 4.60. The van der Waals surface area contributed by atoms with Gasteiger partial charge in [-0.3, -0.25) is 0 Å². The second kappa shape index (κ2) is 11.5. The first kappa shape index (κ1) is 24.9. The van der Waals surface area contributed by atoms with Crippen molar-refractivity contribution >= 4 is 17.1 Å². The summed E-state index contributed by atoms with van der Waals surface area (Å²) in [4.78, 5) is 25.8. The predicted molar refractivity (Wildman–Crippen MR) is 137 cm³/mol. The fourth-order valence-corrected chi connectivity index (χ4v) is 3.79. The molecule has 38 heavy (non-hydrogen) atoms.